The summed E-state index contributed by atoms with van der Waals surface area (Å²) in [6.45, 7) is 5.60. The molecule has 0 unspecified atom stereocenters. The molecule has 0 bridgehead atoms. The van der Waals surface area contributed by atoms with Crippen LogP contribution in [-0.4, -0.2) is 48.8 Å². The van der Waals surface area contributed by atoms with E-state index in [0.29, 0.717) is 11.8 Å². The first-order chi connectivity index (χ1) is 8.70. The molecule has 2 aliphatic heterocycles. The van der Waals surface area contributed by atoms with Crippen molar-refractivity contribution in [1.29, 1.82) is 0 Å². The van der Waals surface area contributed by atoms with Crippen LogP contribution in [0, 0.1) is 5.41 Å². The highest BCUT2D eigenvalue weighted by Crippen LogP contribution is 2.39. The molecule has 2 rings (SSSR count). The molecule has 0 saturated carbocycles. The van der Waals surface area contributed by atoms with Gasteiger partial charge in [0.2, 0.25) is 0 Å². The minimum atomic E-state index is -0.667. The molecule has 0 aromatic heterocycles. The van der Waals surface area contributed by atoms with Gasteiger partial charge in [-0.15, -0.1) is 0 Å². The Labute approximate surface area is 109 Å². The molecule has 2 fully saturated rings. The molecule has 2 saturated heterocycles. The summed E-state index contributed by atoms with van der Waals surface area (Å²) in [5.41, 5.74) is 0.585. The molecule has 0 radical (unpaired) electrons. The van der Waals surface area contributed by atoms with Gasteiger partial charge in [0.05, 0.1) is 0 Å². The number of rotatable bonds is 7. The molecule has 2 heterocycles. The Kier molecular flexibility index (Phi) is 5.01. The van der Waals surface area contributed by atoms with Crippen molar-refractivity contribution in [2.45, 2.75) is 44.9 Å². The standard InChI is InChI=1S/C14H25NO3/c16-13(17)5-3-1-2-4-8-15-11-14(12-15)6-9-18-10-7-14/h1-12H2,(H,16,17). The summed E-state index contributed by atoms with van der Waals surface area (Å²) < 4.78 is 5.41. The SMILES string of the molecule is O=C(O)CCCCCCN1CC2(CCOCC2)C1. The number of carbonyl (C=O) groups is 1. The van der Waals surface area contributed by atoms with Gasteiger partial charge in [0, 0.05) is 38.1 Å². The van der Waals surface area contributed by atoms with Gasteiger partial charge in [-0.3, -0.25) is 4.79 Å². The van der Waals surface area contributed by atoms with Crippen LogP contribution >= 0.6 is 0 Å². The summed E-state index contributed by atoms with van der Waals surface area (Å²) in [6.07, 6.45) is 7.07. The molecule has 18 heavy (non-hydrogen) atoms. The molecule has 4 heteroatoms. The number of hydrogen-bond donors (Lipinski definition) is 1. The molecule has 4 nitrogen and oxygen atoms in total. The number of nitrogens with zero attached hydrogens (tertiary/aromatic N) is 1. The number of likely N-dealkylation sites (tertiary alicyclic amines) is 1. The fraction of sp³-hybridized carbons (Fsp3) is 0.929. The number of unbranched alkanes of at least 4 members (excludes halogenated alkanes) is 3. The van der Waals surface area contributed by atoms with Crippen LogP contribution in [0.1, 0.15) is 44.9 Å². The van der Waals surface area contributed by atoms with Gasteiger partial charge < -0.3 is 14.7 Å². The van der Waals surface area contributed by atoms with Crippen molar-refractivity contribution in [2.24, 2.45) is 5.41 Å². The van der Waals surface area contributed by atoms with Crippen LogP contribution in [0.15, 0.2) is 0 Å². The van der Waals surface area contributed by atoms with Gasteiger partial charge in [-0.2, -0.15) is 0 Å². The van der Waals surface area contributed by atoms with Crippen LogP contribution in [0.5, 0.6) is 0 Å². The first kappa shape index (κ1) is 13.8. The summed E-state index contributed by atoms with van der Waals surface area (Å²) in [5, 5.41) is 8.53. The zero-order valence-corrected chi connectivity index (χ0v) is 11.2. The summed E-state index contributed by atoms with van der Waals surface area (Å²) in [6, 6.07) is 0. The lowest BCUT2D eigenvalue weighted by atomic mass is 9.73. The molecule has 1 N–H and O–H groups in total. The number of aliphatic carboxylic acids is 1. The molecular weight excluding hydrogens is 230 g/mol. The van der Waals surface area contributed by atoms with E-state index in [2.05, 4.69) is 4.90 Å². The van der Waals surface area contributed by atoms with E-state index in [4.69, 9.17) is 9.84 Å². The largest absolute Gasteiger partial charge is 0.481 e. The third-order valence-electron chi connectivity index (χ3n) is 4.29. The van der Waals surface area contributed by atoms with Gasteiger partial charge in [-0.25, -0.2) is 0 Å². The van der Waals surface area contributed by atoms with Crippen molar-refractivity contribution in [2.75, 3.05) is 32.8 Å². The van der Waals surface area contributed by atoms with Crippen molar-refractivity contribution in [3.05, 3.63) is 0 Å². The Morgan fingerprint density at radius 3 is 2.44 bits per heavy atom. The van der Waals surface area contributed by atoms with Crippen LogP contribution < -0.4 is 0 Å². The maximum Gasteiger partial charge on any atom is 0.303 e. The average Bonchev–Trinajstić information content (AvgIpc) is 2.32. The Bertz CT molecular complexity index is 266. The molecule has 104 valence electrons. The van der Waals surface area contributed by atoms with E-state index in [1.165, 1.54) is 45.3 Å². The first-order valence-electron chi connectivity index (χ1n) is 7.22. The minimum absolute atomic E-state index is 0.326. The second kappa shape index (κ2) is 6.53. The maximum atomic E-state index is 10.3. The third-order valence-corrected chi connectivity index (χ3v) is 4.29. The first-order valence-corrected chi connectivity index (χ1v) is 7.22. The number of ether oxygens (including phenoxy) is 1. The van der Waals surface area contributed by atoms with E-state index in [1.807, 2.05) is 0 Å². The van der Waals surface area contributed by atoms with Crippen molar-refractivity contribution >= 4 is 5.97 Å². The zero-order valence-electron chi connectivity index (χ0n) is 11.2. The zero-order chi connectivity index (χ0) is 12.8. The van der Waals surface area contributed by atoms with Crippen molar-refractivity contribution in [3.63, 3.8) is 0 Å². The van der Waals surface area contributed by atoms with Crippen LogP contribution in [0.4, 0.5) is 0 Å². The van der Waals surface area contributed by atoms with E-state index in [-0.39, 0.29) is 0 Å². The fourth-order valence-electron chi connectivity index (χ4n) is 3.15. The summed E-state index contributed by atoms with van der Waals surface area (Å²) in [7, 11) is 0. The van der Waals surface area contributed by atoms with E-state index < -0.39 is 5.97 Å². The van der Waals surface area contributed by atoms with Gasteiger partial charge >= 0.3 is 5.97 Å². The van der Waals surface area contributed by atoms with E-state index in [0.717, 1.165) is 26.1 Å². The number of hydrogen-bond acceptors (Lipinski definition) is 3. The van der Waals surface area contributed by atoms with Crippen LogP contribution in [0.2, 0.25) is 0 Å². The summed E-state index contributed by atoms with van der Waals surface area (Å²) >= 11 is 0. The Morgan fingerprint density at radius 2 is 1.78 bits per heavy atom. The fourth-order valence-corrected chi connectivity index (χ4v) is 3.15. The quantitative estimate of drug-likeness (QED) is 0.708. The molecule has 0 amide bonds. The van der Waals surface area contributed by atoms with E-state index in [1.54, 1.807) is 0 Å². The van der Waals surface area contributed by atoms with Crippen molar-refractivity contribution in [3.8, 4) is 0 Å². The van der Waals surface area contributed by atoms with Crippen LogP contribution in [-0.2, 0) is 9.53 Å². The monoisotopic (exact) mass is 255 g/mol. The molecule has 0 aliphatic carbocycles. The topological polar surface area (TPSA) is 49.8 Å². The second-order valence-electron chi connectivity index (χ2n) is 5.88. The van der Waals surface area contributed by atoms with E-state index >= 15 is 0 Å². The van der Waals surface area contributed by atoms with Crippen molar-refractivity contribution < 1.29 is 14.6 Å². The maximum absolute atomic E-state index is 10.3. The van der Waals surface area contributed by atoms with E-state index in [9.17, 15) is 4.79 Å². The Morgan fingerprint density at radius 1 is 1.11 bits per heavy atom. The lowest BCUT2D eigenvalue weighted by molar-refractivity contribution is -0.137. The minimum Gasteiger partial charge on any atom is -0.481 e. The van der Waals surface area contributed by atoms with Gasteiger partial charge in [0.25, 0.3) is 0 Å². The second-order valence-corrected chi connectivity index (χ2v) is 5.88. The lowest BCUT2D eigenvalue weighted by Crippen LogP contribution is -2.58. The lowest BCUT2D eigenvalue weighted by Gasteiger charge is -2.52. The highest BCUT2D eigenvalue weighted by molar-refractivity contribution is 5.66. The molecule has 0 aromatic carbocycles. The predicted molar refractivity (Wildman–Crippen MR) is 69.6 cm³/mol. The molecular formula is C14H25NO3. The Balaban J connectivity index is 1.46. The number of carboxylic acid groups (broad SMARTS) is 1. The highest BCUT2D eigenvalue weighted by atomic mass is 16.5. The third kappa shape index (κ3) is 3.95. The molecule has 0 atom stereocenters. The van der Waals surface area contributed by atoms with Gasteiger partial charge in [0.1, 0.15) is 0 Å². The van der Waals surface area contributed by atoms with Gasteiger partial charge in [0.15, 0.2) is 0 Å². The van der Waals surface area contributed by atoms with Crippen LogP contribution in [0.25, 0.3) is 0 Å². The van der Waals surface area contributed by atoms with Crippen LogP contribution in [0.3, 0.4) is 0 Å². The predicted octanol–water partition coefficient (Wildman–Crippen LogP) is 2.13. The van der Waals surface area contributed by atoms with Gasteiger partial charge in [-0.1, -0.05) is 12.8 Å². The molecule has 1 spiro atoms. The van der Waals surface area contributed by atoms with Gasteiger partial charge in [-0.05, 0) is 32.2 Å². The number of carboxylic acids is 1. The highest BCUT2D eigenvalue weighted by Gasteiger charge is 2.43. The summed E-state index contributed by atoms with van der Waals surface area (Å²) in [5.74, 6) is -0.667. The summed E-state index contributed by atoms with van der Waals surface area (Å²) in [4.78, 5) is 12.9. The average molecular weight is 255 g/mol. The smallest absolute Gasteiger partial charge is 0.303 e. The molecule has 0 aromatic rings. The van der Waals surface area contributed by atoms with Crippen molar-refractivity contribution in [1.82, 2.24) is 4.90 Å². The molecule has 2 aliphatic rings. The Hall–Kier alpha value is -0.610. The normalized spacial score (nSPS) is 22.9.